The summed E-state index contributed by atoms with van der Waals surface area (Å²) in [6, 6.07) is 0.840. The van der Waals surface area contributed by atoms with Gasteiger partial charge in [0.25, 0.3) is 12.0 Å². The molecule has 0 saturated carbocycles. The average molecular weight is 387 g/mol. The lowest BCUT2D eigenvalue weighted by atomic mass is 9.98. The predicted octanol–water partition coefficient (Wildman–Crippen LogP) is 1.02. The first-order valence-electron chi connectivity index (χ1n) is 8.10. The van der Waals surface area contributed by atoms with E-state index in [0.717, 1.165) is 12.4 Å². The maximum Gasteiger partial charge on any atom is 0.280 e. The Labute approximate surface area is 149 Å². The maximum absolute atomic E-state index is 12.6. The molecule has 2 aromatic rings. The van der Waals surface area contributed by atoms with Crippen LogP contribution in [0.15, 0.2) is 34.5 Å². The minimum absolute atomic E-state index is 0.0762. The zero-order valence-electron chi connectivity index (χ0n) is 14.1. The molecule has 142 valence electrons. The first-order chi connectivity index (χ1) is 12.3. The Hall–Kier alpha value is -2.14. The lowest BCUT2D eigenvalue weighted by Crippen LogP contribution is -2.40. The first-order valence-corrected chi connectivity index (χ1v) is 9.54. The monoisotopic (exact) mass is 387 g/mol. The Kier molecular flexibility index (Phi) is 5.19. The number of alkyl halides is 2. The van der Waals surface area contributed by atoms with Gasteiger partial charge in [-0.1, -0.05) is 0 Å². The number of piperidine rings is 1. The largest absolute Gasteiger partial charge is 0.299 e. The van der Waals surface area contributed by atoms with Gasteiger partial charge < -0.3 is 0 Å². The van der Waals surface area contributed by atoms with Crippen LogP contribution >= 0.6 is 0 Å². The molecule has 3 heterocycles. The summed E-state index contributed by atoms with van der Waals surface area (Å²) in [6.45, 7) is 0.995. The average Bonchev–Trinajstić information content (AvgIpc) is 3.04. The summed E-state index contributed by atoms with van der Waals surface area (Å²) in [5.74, 6) is 0.0762. The SMILES string of the molecule is Cn1cc(S(=O)(=O)N2CCC(Cn3cnc(C(F)F)cc3=O)CC2)cn1. The predicted molar refractivity (Wildman–Crippen MR) is 88.1 cm³/mol. The van der Waals surface area contributed by atoms with Gasteiger partial charge >= 0.3 is 0 Å². The molecule has 0 aromatic carbocycles. The van der Waals surface area contributed by atoms with Crippen LogP contribution in [0, 0.1) is 5.92 Å². The molecule has 0 N–H and O–H groups in total. The summed E-state index contributed by atoms with van der Waals surface area (Å²) in [6.07, 6.45) is 2.26. The molecule has 2 aromatic heterocycles. The minimum Gasteiger partial charge on any atom is -0.299 e. The highest BCUT2D eigenvalue weighted by atomic mass is 32.2. The van der Waals surface area contributed by atoms with E-state index in [2.05, 4.69) is 10.1 Å². The van der Waals surface area contributed by atoms with Gasteiger partial charge in [0.2, 0.25) is 10.0 Å². The van der Waals surface area contributed by atoms with Crippen molar-refractivity contribution in [2.75, 3.05) is 13.1 Å². The molecule has 0 radical (unpaired) electrons. The molecule has 1 aliphatic rings. The van der Waals surface area contributed by atoms with Crippen LogP contribution in [0.1, 0.15) is 25.0 Å². The minimum atomic E-state index is -3.58. The fourth-order valence-electron chi connectivity index (χ4n) is 2.99. The zero-order chi connectivity index (χ0) is 18.9. The van der Waals surface area contributed by atoms with Gasteiger partial charge in [0, 0.05) is 38.9 Å². The van der Waals surface area contributed by atoms with Crippen molar-refractivity contribution in [3.05, 3.63) is 40.8 Å². The topological polar surface area (TPSA) is 90.1 Å². The molecule has 0 bridgehead atoms. The molecule has 0 amide bonds. The van der Waals surface area contributed by atoms with Crippen LogP contribution in [0.3, 0.4) is 0 Å². The second-order valence-electron chi connectivity index (χ2n) is 6.30. The highest BCUT2D eigenvalue weighted by Gasteiger charge is 2.30. The van der Waals surface area contributed by atoms with E-state index in [9.17, 15) is 22.0 Å². The van der Waals surface area contributed by atoms with Gasteiger partial charge in [-0.3, -0.25) is 14.0 Å². The molecule has 0 spiro atoms. The van der Waals surface area contributed by atoms with Gasteiger partial charge in [-0.25, -0.2) is 22.2 Å². The van der Waals surface area contributed by atoms with E-state index < -0.39 is 27.7 Å². The number of aromatic nitrogens is 4. The van der Waals surface area contributed by atoms with Crippen LogP contribution in [0.4, 0.5) is 8.78 Å². The smallest absolute Gasteiger partial charge is 0.280 e. The van der Waals surface area contributed by atoms with Crippen molar-refractivity contribution in [2.45, 2.75) is 30.7 Å². The summed E-state index contributed by atoms with van der Waals surface area (Å²) >= 11 is 0. The Morgan fingerprint density at radius 3 is 2.54 bits per heavy atom. The lowest BCUT2D eigenvalue weighted by Gasteiger charge is -2.31. The summed E-state index contributed by atoms with van der Waals surface area (Å²) < 4.78 is 54.4. The number of aryl methyl sites for hydroxylation is 1. The second kappa shape index (κ2) is 7.23. The van der Waals surface area contributed by atoms with Crippen molar-refractivity contribution in [2.24, 2.45) is 13.0 Å². The Bertz CT molecular complexity index is 933. The Morgan fingerprint density at radius 2 is 2.00 bits per heavy atom. The molecule has 1 fully saturated rings. The fourth-order valence-corrected chi connectivity index (χ4v) is 4.44. The number of hydrogen-bond acceptors (Lipinski definition) is 5. The van der Waals surface area contributed by atoms with Gasteiger partial charge in [0.15, 0.2) is 0 Å². The van der Waals surface area contributed by atoms with E-state index in [1.54, 1.807) is 7.05 Å². The van der Waals surface area contributed by atoms with E-state index in [1.807, 2.05) is 0 Å². The zero-order valence-corrected chi connectivity index (χ0v) is 14.9. The van der Waals surface area contributed by atoms with Crippen molar-refractivity contribution >= 4 is 10.0 Å². The normalized spacial score (nSPS) is 17.1. The molecule has 8 nitrogen and oxygen atoms in total. The molecule has 1 saturated heterocycles. The highest BCUT2D eigenvalue weighted by Crippen LogP contribution is 2.24. The van der Waals surface area contributed by atoms with Crippen molar-refractivity contribution in [3.63, 3.8) is 0 Å². The lowest BCUT2D eigenvalue weighted by molar-refractivity contribution is 0.145. The molecule has 0 aliphatic carbocycles. The van der Waals surface area contributed by atoms with Crippen LogP contribution in [-0.2, 0) is 23.6 Å². The quantitative estimate of drug-likeness (QED) is 0.764. The van der Waals surface area contributed by atoms with Gasteiger partial charge in [-0.05, 0) is 18.8 Å². The third-order valence-electron chi connectivity index (χ3n) is 4.47. The molecule has 0 atom stereocenters. The second-order valence-corrected chi connectivity index (χ2v) is 8.24. The number of hydrogen-bond donors (Lipinski definition) is 0. The number of sulfonamides is 1. The van der Waals surface area contributed by atoms with Crippen molar-refractivity contribution < 1.29 is 17.2 Å². The van der Waals surface area contributed by atoms with E-state index in [-0.39, 0.29) is 10.8 Å². The standard InChI is InChI=1S/C15H19F2N5O3S/c1-20-9-12(7-19-20)26(24,25)22-4-2-11(3-5-22)8-21-10-18-13(15(16)17)6-14(21)23/h6-7,9-11,15H,2-5,8H2,1H3. The van der Waals surface area contributed by atoms with Crippen LogP contribution in [0.2, 0.25) is 0 Å². The van der Waals surface area contributed by atoms with Gasteiger partial charge in [-0.2, -0.15) is 9.40 Å². The Morgan fingerprint density at radius 1 is 1.31 bits per heavy atom. The van der Waals surface area contributed by atoms with Crippen LogP contribution in [0.5, 0.6) is 0 Å². The first kappa shape index (κ1) is 18.6. The number of nitrogens with zero attached hydrogens (tertiary/aromatic N) is 5. The van der Waals surface area contributed by atoms with Crippen LogP contribution in [0.25, 0.3) is 0 Å². The summed E-state index contributed by atoms with van der Waals surface area (Å²) in [5.41, 5.74) is -1.07. The molecular formula is C15H19F2N5O3S. The van der Waals surface area contributed by atoms with E-state index >= 15 is 0 Å². The summed E-state index contributed by atoms with van der Waals surface area (Å²) in [7, 11) is -1.93. The Balaban J connectivity index is 1.63. The molecule has 26 heavy (non-hydrogen) atoms. The third kappa shape index (κ3) is 3.83. The van der Waals surface area contributed by atoms with Crippen molar-refractivity contribution in [3.8, 4) is 0 Å². The maximum atomic E-state index is 12.6. The van der Waals surface area contributed by atoms with Crippen molar-refractivity contribution in [1.29, 1.82) is 0 Å². The van der Waals surface area contributed by atoms with Gasteiger partial charge in [0.05, 0.1) is 12.5 Å². The number of rotatable bonds is 5. The number of halogens is 2. The van der Waals surface area contributed by atoms with Crippen LogP contribution < -0.4 is 5.56 Å². The molecule has 1 aliphatic heterocycles. The molecule has 3 rings (SSSR count). The summed E-state index contributed by atoms with van der Waals surface area (Å²) in [5, 5.41) is 3.89. The summed E-state index contributed by atoms with van der Waals surface area (Å²) in [4.78, 5) is 15.7. The van der Waals surface area contributed by atoms with Gasteiger partial charge in [0.1, 0.15) is 10.6 Å². The molecule has 11 heteroatoms. The van der Waals surface area contributed by atoms with Crippen molar-refractivity contribution in [1.82, 2.24) is 23.6 Å². The molecule has 0 unspecified atom stereocenters. The third-order valence-corrected chi connectivity index (χ3v) is 6.32. The van der Waals surface area contributed by atoms with Crippen LogP contribution in [-0.4, -0.2) is 45.1 Å². The van der Waals surface area contributed by atoms with E-state index in [1.165, 1.54) is 25.9 Å². The van der Waals surface area contributed by atoms with E-state index in [0.29, 0.717) is 32.5 Å². The highest BCUT2D eigenvalue weighted by molar-refractivity contribution is 7.89. The fraction of sp³-hybridized carbons (Fsp3) is 0.533. The van der Waals surface area contributed by atoms with E-state index in [4.69, 9.17) is 0 Å². The van der Waals surface area contributed by atoms with Gasteiger partial charge in [-0.15, -0.1) is 0 Å². The molecular weight excluding hydrogens is 368 g/mol.